The van der Waals surface area contributed by atoms with Gasteiger partial charge < -0.3 is 0 Å². The first-order valence-electron chi connectivity index (χ1n) is 9.91. The van der Waals surface area contributed by atoms with Crippen molar-refractivity contribution in [2.75, 3.05) is 4.90 Å². The van der Waals surface area contributed by atoms with Gasteiger partial charge in [0.25, 0.3) is 5.56 Å². The smallest absolute Gasteiger partial charge is 0.283 e. The molecule has 1 saturated heterocycles. The molecule has 5 aliphatic rings. The zero-order valence-corrected chi connectivity index (χ0v) is 15.8. The van der Waals surface area contributed by atoms with Gasteiger partial charge in [0.2, 0.25) is 11.8 Å². The van der Waals surface area contributed by atoms with Crippen LogP contribution >= 0.6 is 0 Å². The average molecular weight is 375 g/mol. The van der Waals surface area contributed by atoms with E-state index in [-0.39, 0.29) is 46.7 Å². The average Bonchev–Trinajstić information content (AvgIpc) is 3.45. The number of benzene rings is 1. The van der Waals surface area contributed by atoms with Crippen LogP contribution in [0.1, 0.15) is 12.1 Å². The first-order chi connectivity index (χ1) is 13.5. The molecule has 6 nitrogen and oxygen atoms in total. The van der Waals surface area contributed by atoms with Gasteiger partial charge in [-0.2, -0.15) is 0 Å². The van der Waals surface area contributed by atoms with Crippen LogP contribution in [-0.4, -0.2) is 21.2 Å². The first-order valence-corrected chi connectivity index (χ1v) is 9.91. The molecular weight excluding hydrogens is 354 g/mol. The highest BCUT2D eigenvalue weighted by Crippen LogP contribution is 2.65. The van der Waals surface area contributed by atoms with Crippen LogP contribution in [-0.2, 0) is 16.6 Å². The molecule has 0 spiro atoms. The Bertz CT molecular complexity index is 1090. The van der Waals surface area contributed by atoms with E-state index < -0.39 is 0 Å². The van der Waals surface area contributed by atoms with Gasteiger partial charge in [-0.05, 0) is 49.1 Å². The van der Waals surface area contributed by atoms with Crippen molar-refractivity contribution in [3.63, 3.8) is 0 Å². The molecule has 1 aromatic carbocycles. The highest BCUT2D eigenvalue weighted by atomic mass is 16.2. The van der Waals surface area contributed by atoms with Crippen LogP contribution in [0.15, 0.2) is 47.3 Å². The van der Waals surface area contributed by atoms with Gasteiger partial charge in [-0.1, -0.05) is 30.4 Å². The Morgan fingerprint density at radius 1 is 0.893 bits per heavy atom. The van der Waals surface area contributed by atoms with Gasteiger partial charge >= 0.3 is 0 Å². The number of rotatable bonds is 2. The van der Waals surface area contributed by atoms with Crippen molar-refractivity contribution in [1.29, 1.82) is 0 Å². The van der Waals surface area contributed by atoms with Gasteiger partial charge in [0.15, 0.2) is 0 Å². The molecule has 2 saturated carbocycles. The molecule has 0 N–H and O–H groups in total. The molecule has 0 unspecified atom stereocenters. The Labute approximate surface area is 162 Å². The van der Waals surface area contributed by atoms with Crippen molar-refractivity contribution >= 4 is 17.5 Å². The number of hydrogen-bond donors (Lipinski definition) is 0. The fourth-order valence-electron chi connectivity index (χ4n) is 5.99. The van der Waals surface area contributed by atoms with E-state index in [4.69, 9.17) is 0 Å². The monoisotopic (exact) mass is 375 g/mol. The lowest BCUT2D eigenvalue weighted by Gasteiger charge is -2.37. The molecule has 2 bridgehead atoms. The Morgan fingerprint density at radius 2 is 1.46 bits per heavy atom. The molecule has 2 aromatic rings. The fourth-order valence-corrected chi connectivity index (χ4v) is 5.99. The van der Waals surface area contributed by atoms with Crippen molar-refractivity contribution in [2.45, 2.75) is 13.3 Å². The Balaban J connectivity index is 1.49. The standard InChI is InChI=1S/C22H21N3O3/c1-11-19(22(28)25(23(11)2)12-6-4-3-5-7-12)24-20(26)17-13-8-9-14(16-10-15(13)16)18(17)21(24)27/h3-9,13-18H,10H2,1-2H3/t13-,14-,15-,16+,17-,18+/m0/s1. The first kappa shape index (κ1) is 16.1. The van der Waals surface area contributed by atoms with Crippen molar-refractivity contribution in [1.82, 2.24) is 9.36 Å². The predicted octanol–water partition coefficient (Wildman–Crippen LogP) is 2.04. The zero-order chi connectivity index (χ0) is 19.3. The molecular formula is C22H21N3O3. The van der Waals surface area contributed by atoms with Gasteiger partial charge in [0.1, 0.15) is 5.69 Å². The summed E-state index contributed by atoms with van der Waals surface area (Å²) in [5, 5.41) is 0. The Kier molecular flexibility index (Phi) is 2.95. The maximum atomic E-state index is 13.4. The summed E-state index contributed by atoms with van der Waals surface area (Å²) in [5.41, 5.74) is 1.23. The van der Waals surface area contributed by atoms with E-state index in [1.165, 1.54) is 9.58 Å². The number of para-hydroxylation sites is 1. The Morgan fingerprint density at radius 3 is 2.04 bits per heavy atom. The molecule has 4 aliphatic carbocycles. The SMILES string of the molecule is Cc1c(N2C(=O)[C@@H]3[C@H]4C=C[C@@H]([C@@H]5C[C@H]45)[C@@H]3C2=O)c(=O)n(-c2ccccc2)n1C. The summed E-state index contributed by atoms with van der Waals surface area (Å²) in [5.74, 6) is 0.433. The third-order valence-electron chi connectivity index (χ3n) is 7.41. The van der Waals surface area contributed by atoms with Gasteiger partial charge in [-0.15, -0.1) is 0 Å². The van der Waals surface area contributed by atoms with Crippen LogP contribution in [0.4, 0.5) is 5.69 Å². The van der Waals surface area contributed by atoms with Crippen LogP contribution in [0.25, 0.3) is 5.69 Å². The fraction of sp³-hybridized carbons (Fsp3) is 0.409. The van der Waals surface area contributed by atoms with E-state index in [0.29, 0.717) is 23.2 Å². The molecule has 28 heavy (non-hydrogen) atoms. The third kappa shape index (κ3) is 1.76. The largest absolute Gasteiger partial charge is 0.296 e. The van der Waals surface area contributed by atoms with Crippen LogP contribution in [0.3, 0.4) is 0 Å². The summed E-state index contributed by atoms with van der Waals surface area (Å²) in [4.78, 5) is 41.3. The minimum absolute atomic E-state index is 0.154. The second-order valence-electron chi connectivity index (χ2n) is 8.58. The molecule has 7 rings (SSSR count). The van der Waals surface area contributed by atoms with E-state index in [9.17, 15) is 14.4 Å². The highest BCUT2D eigenvalue weighted by Gasteiger charge is 2.67. The van der Waals surface area contributed by atoms with Gasteiger partial charge in [-0.25, -0.2) is 9.58 Å². The van der Waals surface area contributed by atoms with Crippen molar-refractivity contribution in [2.24, 2.45) is 42.6 Å². The minimum Gasteiger partial charge on any atom is -0.283 e. The number of aromatic nitrogens is 2. The van der Waals surface area contributed by atoms with E-state index in [1.807, 2.05) is 30.3 Å². The van der Waals surface area contributed by atoms with Gasteiger partial charge in [0.05, 0.1) is 23.2 Å². The van der Waals surface area contributed by atoms with Crippen LogP contribution in [0.5, 0.6) is 0 Å². The topological polar surface area (TPSA) is 64.3 Å². The molecule has 142 valence electrons. The van der Waals surface area contributed by atoms with E-state index in [2.05, 4.69) is 12.2 Å². The second kappa shape index (κ2) is 5.13. The predicted molar refractivity (Wildman–Crippen MR) is 103 cm³/mol. The van der Waals surface area contributed by atoms with E-state index in [0.717, 1.165) is 6.42 Å². The number of carbonyl (C=O) groups is 2. The summed E-state index contributed by atoms with van der Waals surface area (Å²) in [6, 6.07) is 9.29. The number of anilines is 1. The normalized spacial score (nSPS) is 34.7. The summed E-state index contributed by atoms with van der Waals surface area (Å²) >= 11 is 0. The molecule has 1 aliphatic heterocycles. The molecule has 6 heteroatoms. The number of imide groups is 1. The van der Waals surface area contributed by atoms with Gasteiger partial charge in [0, 0.05) is 7.05 Å². The maximum Gasteiger partial charge on any atom is 0.296 e. The summed E-state index contributed by atoms with van der Waals surface area (Å²) in [7, 11) is 1.78. The van der Waals surface area contributed by atoms with Crippen LogP contribution in [0, 0.1) is 42.4 Å². The number of carbonyl (C=O) groups excluding carboxylic acids is 2. The molecule has 0 radical (unpaired) electrons. The zero-order valence-electron chi connectivity index (χ0n) is 15.8. The van der Waals surface area contributed by atoms with Crippen LogP contribution < -0.4 is 10.5 Å². The molecule has 2 heterocycles. The Hall–Kier alpha value is -2.89. The summed E-state index contributed by atoms with van der Waals surface area (Å²) in [6.45, 7) is 1.79. The van der Waals surface area contributed by atoms with Crippen molar-refractivity contribution < 1.29 is 9.59 Å². The summed E-state index contributed by atoms with van der Waals surface area (Å²) < 4.78 is 3.25. The summed E-state index contributed by atoms with van der Waals surface area (Å²) in [6.07, 6.45) is 5.42. The second-order valence-corrected chi connectivity index (χ2v) is 8.58. The minimum atomic E-state index is -0.322. The number of allylic oxidation sites excluding steroid dienone is 2. The molecule has 1 aromatic heterocycles. The number of nitrogens with zero attached hydrogens (tertiary/aromatic N) is 3. The lowest BCUT2D eigenvalue weighted by Crippen LogP contribution is -2.40. The highest BCUT2D eigenvalue weighted by molar-refractivity contribution is 6.22. The van der Waals surface area contributed by atoms with Crippen LogP contribution in [0.2, 0.25) is 0 Å². The van der Waals surface area contributed by atoms with E-state index in [1.54, 1.807) is 18.7 Å². The van der Waals surface area contributed by atoms with Crippen molar-refractivity contribution in [3.05, 3.63) is 58.5 Å². The lowest BCUT2D eigenvalue weighted by molar-refractivity contribution is -0.124. The van der Waals surface area contributed by atoms with Gasteiger partial charge in [-0.3, -0.25) is 19.1 Å². The van der Waals surface area contributed by atoms with Crippen molar-refractivity contribution in [3.8, 4) is 5.69 Å². The lowest BCUT2D eigenvalue weighted by atomic mass is 9.63. The van der Waals surface area contributed by atoms with E-state index >= 15 is 0 Å². The quantitative estimate of drug-likeness (QED) is 0.596. The molecule has 2 amide bonds. The maximum absolute atomic E-state index is 13.4. The number of amides is 2. The molecule has 6 atom stereocenters. The molecule has 3 fully saturated rings. The number of hydrogen-bond acceptors (Lipinski definition) is 3. The third-order valence-corrected chi connectivity index (χ3v) is 7.41.